The molecule has 6 heteroatoms. The average molecular weight is 408 g/mol. The molecule has 3 heterocycles. The Labute approximate surface area is 171 Å². The van der Waals surface area contributed by atoms with E-state index >= 15 is 0 Å². The van der Waals surface area contributed by atoms with Crippen LogP contribution < -0.4 is 0 Å². The third kappa shape index (κ3) is 2.91. The summed E-state index contributed by atoms with van der Waals surface area (Å²) in [6.07, 6.45) is 3.79. The van der Waals surface area contributed by atoms with Crippen molar-refractivity contribution in [1.82, 2.24) is 15.1 Å². The molecule has 1 amide bonds. The molecular weight excluding hydrogens is 390 g/mol. The van der Waals surface area contributed by atoms with Gasteiger partial charge in [0.05, 0.1) is 22.8 Å². The van der Waals surface area contributed by atoms with Crippen LogP contribution in [0, 0.1) is 0 Å². The Hall–Kier alpha value is -2.63. The number of fused-ring (bicyclic) bond motifs is 1. The molecule has 28 heavy (non-hydrogen) atoms. The molecule has 1 aliphatic rings. The van der Waals surface area contributed by atoms with E-state index in [1.165, 1.54) is 16.9 Å². The lowest BCUT2D eigenvalue weighted by atomic mass is 9.93. The first-order chi connectivity index (χ1) is 13.7. The minimum atomic E-state index is 0.0302. The van der Waals surface area contributed by atoms with E-state index < -0.39 is 0 Å². The Bertz CT molecular complexity index is 1170. The van der Waals surface area contributed by atoms with Gasteiger partial charge < -0.3 is 4.90 Å². The minimum absolute atomic E-state index is 0.0302. The summed E-state index contributed by atoms with van der Waals surface area (Å²) in [6.45, 7) is 0.757. The molecule has 1 unspecified atom stereocenters. The van der Waals surface area contributed by atoms with E-state index in [2.05, 4.69) is 46.6 Å². The maximum Gasteiger partial charge on any atom is 0.265 e. The number of likely N-dealkylation sites (tertiary alicyclic amines) is 1. The molecule has 1 aliphatic heterocycles. The molecular formula is C22H18ClN3OS. The average Bonchev–Trinajstić information content (AvgIpc) is 3.47. The monoisotopic (exact) mass is 407 g/mol. The molecule has 0 aliphatic carbocycles. The summed E-state index contributed by atoms with van der Waals surface area (Å²) in [5, 5.41) is 10.6. The second kappa shape index (κ2) is 7.08. The van der Waals surface area contributed by atoms with Crippen molar-refractivity contribution in [2.45, 2.75) is 18.9 Å². The summed E-state index contributed by atoms with van der Waals surface area (Å²) in [5.41, 5.74) is 4.50. The lowest BCUT2D eigenvalue weighted by molar-refractivity contribution is 0.0741. The molecule has 1 N–H and O–H groups in total. The second-order valence-electron chi connectivity index (χ2n) is 7.01. The third-order valence-corrected chi connectivity index (χ3v) is 6.73. The molecule has 1 saturated heterocycles. The van der Waals surface area contributed by atoms with E-state index in [1.807, 2.05) is 22.5 Å². The van der Waals surface area contributed by atoms with Gasteiger partial charge in [0.2, 0.25) is 0 Å². The van der Waals surface area contributed by atoms with Gasteiger partial charge in [-0.05, 0) is 53.1 Å². The SMILES string of the molecule is O=C(c1sccc1Cl)N1CCCC1c1ccccc1-c1ccc2[nH]ncc2c1. The zero-order valence-electron chi connectivity index (χ0n) is 15.1. The number of halogens is 1. The summed E-state index contributed by atoms with van der Waals surface area (Å²) in [5.74, 6) is 0.0302. The van der Waals surface area contributed by atoms with Gasteiger partial charge in [-0.2, -0.15) is 5.10 Å². The lowest BCUT2D eigenvalue weighted by Crippen LogP contribution is -2.30. The Kier molecular flexibility index (Phi) is 4.41. The maximum absolute atomic E-state index is 13.1. The quantitative estimate of drug-likeness (QED) is 0.458. The van der Waals surface area contributed by atoms with Crippen LogP contribution in [0.15, 0.2) is 60.1 Å². The first kappa shape index (κ1) is 17.5. The Morgan fingerprint density at radius 3 is 2.96 bits per heavy atom. The smallest absolute Gasteiger partial charge is 0.265 e. The van der Waals surface area contributed by atoms with Gasteiger partial charge in [0, 0.05) is 11.9 Å². The van der Waals surface area contributed by atoms with Crippen molar-refractivity contribution in [1.29, 1.82) is 0 Å². The predicted molar refractivity (Wildman–Crippen MR) is 114 cm³/mol. The number of nitrogens with one attached hydrogen (secondary N) is 1. The number of carbonyl (C=O) groups excluding carboxylic acids is 1. The number of rotatable bonds is 3. The number of thiophene rings is 1. The molecule has 4 nitrogen and oxygen atoms in total. The first-order valence-corrected chi connectivity index (χ1v) is 10.5. The van der Waals surface area contributed by atoms with E-state index in [9.17, 15) is 4.79 Å². The van der Waals surface area contributed by atoms with Crippen molar-refractivity contribution in [3.8, 4) is 11.1 Å². The van der Waals surface area contributed by atoms with E-state index in [0.29, 0.717) is 9.90 Å². The summed E-state index contributed by atoms with van der Waals surface area (Å²) in [4.78, 5) is 15.7. The van der Waals surface area contributed by atoms with Gasteiger partial charge in [-0.25, -0.2) is 0 Å². The van der Waals surface area contributed by atoms with Crippen LogP contribution in [0.3, 0.4) is 0 Å². The molecule has 0 radical (unpaired) electrons. The van der Waals surface area contributed by atoms with Gasteiger partial charge >= 0.3 is 0 Å². The number of nitrogens with zero attached hydrogens (tertiary/aromatic N) is 2. The van der Waals surface area contributed by atoms with Crippen LogP contribution >= 0.6 is 22.9 Å². The molecule has 140 valence electrons. The Morgan fingerprint density at radius 2 is 2.11 bits per heavy atom. The highest BCUT2D eigenvalue weighted by atomic mass is 35.5. The van der Waals surface area contributed by atoms with Gasteiger partial charge in [-0.3, -0.25) is 9.89 Å². The number of aromatic amines is 1. The van der Waals surface area contributed by atoms with Crippen molar-refractivity contribution in [2.24, 2.45) is 0 Å². The fourth-order valence-corrected chi connectivity index (χ4v) is 5.16. The number of hydrogen-bond donors (Lipinski definition) is 1. The van der Waals surface area contributed by atoms with Crippen LogP contribution in [0.4, 0.5) is 0 Å². The van der Waals surface area contributed by atoms with Crippen LogP contribution in [0.5, 0.6) is 0 Å². The summed E-state index contributed by atoms with van der Waals surface area (Å²) >= 11 is 7.64. The topological polar surface area (TPSA) is 49.0 Å². The van der Waals surface area contributed by atoms with Gasteiger partial charge in [0.1, 0.15) is 4.88 Å². The molecule has 4 aromatic rings. The van der Waals surface area contributed by atoms with Gasteiger partial charge in [0.25, 0.3) is 5.91 Å². The lowest BCUT2D eigenvalue weighted by Gasteiger charge is -2.27. The summed E-state index contributed by atoms with van der Waals surface area (Å²) in [7, 11) is 0. The van der Waals surface area contributed by atoms with Crippen molar-refractivity contribution in [2.75, 3.05) is 6.54 Å². The highest BCUT2D eigenvalue weighted by Crippen LogP contribution is 2.40. The standard InChI is InChI=1S/C22H18ClN3OS/c23-18-9-11-28-21(18)22(27)26-10-3-6-20(26)17-5-2-1-4-16(17)14-7-8-19-15(12-14)13-24-25-19/h1-2,4-5,7-9,11-13,20H,3,6,10H2,(H,24,25). The van der Waals surface area contributed by atoms with Crippen LogP contribution in [0.1, 0.15) is 34.1 Å². The number of benzene rings is 2. The molecule has 0 saturated carbocycles. The van der Waals surface area contributed by atoms with Crippen LogP contribution in [-0.2, 0) is 0 Å². The largest absolute Gasteiger partial charge is 0.331 e. The Morgan fingerprint density at radius 1 is 1.21 bits per heavy atom. The van der Waals surface area contributed by atoms with Crippen LogP contribution in [-0.4, -0.2) is 27.5 Å². The molecule has 2 aromatic heterocycles. The van der Waals surface area contributed by atoms with E-state index in [4.69, 9.17) is 11.6 Å². The van der Waals surface area contributed by atoms with E-state index in [0.717, 1.165) is 41.4 Å². The summed E-state index contributed by atoms with van der Waals surface area (Å²) in [6, 6.07) is 16.5. The number of H-pyrrole nitrogens is 1. The third-order valence-electron chi connectivity index (χ3n) is 5.40. The number of amides is 1. The second-order valence-corrected chi connectivity index (χ2v) is 8.34. The number of aromatic nitrogens is 2. The highest BCUT2D eigenvalue weighted by Gasteiger charge is 2.33. The zero-order chi connectivity index (χ0) is 19.1. The van der Waals surface area contributed by atoms with Crippen molar-refractivity contribution < 1.29 is 4.79 Å². The molecule has 2 aromatic carbocycles. The van der Waals surface area contributed by atoms with E-state index in [1.54, 1.807) is 6.07 Å². The zero-order valence-corrected chi connectivity index (χ0v) is 16.6. The van der Waals surface area contributed by atoms with Crippen molar-refractivity contribution in [3.05, 3.63) is 75.6 Å². The van der Waals surface area contributed by atoms with Gasteiger partial charge in [-0.15, -0.1) is 11.3 Å². The fourth-order valence-electron chi connectivity index (χ4n) is 4.07. The Balaban J connectivity index is 1.56. The van der Waals surface area contributed by atoms with E-state index in [-0.39, 0.29) is 11.9 Å². The molecule has 1 atom stereocenters. The number of hydrogen-bond acceptors (Lipinski definition) is 3. The highest BCUT2D eigenvalue weighted by molar-refractivity contribution is 7.12. The van der Waals surface area contributed by atoms with Crippen molar-refractivity contribution >= 4 is 39.7 Å². The van der Waals surface area contributed by atoms with Crippen LogP contribution in [0.2, 0.25) is 5.02 Å². The predicted octanol–water partition coefficient (Wildman–Crippen LogP) is 5.92. The number of carbonyl (C=O) groups is 1. The molecule has 0 bridgehead atoms. The molecule has 0 spiro atoms. The molecule has 5 rings (SSSR count). The molecule has 1 fully saturated rings. The fraction of sp³-hybridized carbons (Fsp3) is 0.182. The first-order valence-electron chi connectivity index (χ1n) is 9.29. The van der Waals surface area contributed by atoms with Gasteiger partial charge in [-0.1, -0.05) is 41.9 Å². The van der Waals surface area contributed by atoms with Crippen LogP contribution in [0.25, 0.3) is 22.0 Å². The van der Waals surface area contributed by atoms with Gasteiger partial charge in [0.15, 0.2) is 0 Å². The van der Waals surface area contributed by atoms with Crippen molar-refractivity contribution in [3.63, 3.8) is 0 Å². The normalized spacial score (nSPS) is 16.8. The minimum Gasteiger partial charge on any atom is -0.331 e. The summed E-state index contributed by atoms with van der Waals surface area (Å²) < 4.78 is 0. The maximum atomic E-state index is 13.1.